The van der Waals surface area contributed by atoms with E-state index in [-0.39, 0.29) is 4.90 Å². The van der Waals surface area contributed by atoms with Crippen LogP contribution in [0.4, 0.5) is 17.1 Å². The van der Waals surface area contributed by atoms with Crippen molar-refractivity contribution in [1.29, 1.82) is 0 Å². The fourth-order valence-corrected chi connectivity index (χ4v) is 4.49. The summed E-state index contributed by atoms with van der Waals surface area (Å²) in [6, 6.07) is 19.7. The minimum absolute atomic E-state index is 0.150. The number of ether oxygens (including phenoxy) is 1. The Morgan fingerprint density at radius 3 is 2.30 bits per heavy atom. The van der Waals surface area contributed by atoms with Gasteiger partial charge in [0, 0.05) is 11.4 Å². The summed E-state index contributed by atoms with van der Waals surface area (Å²) in [5.41, 5.74) is 3.50. The highest BCUT2D eigenvalue weighted by molar-refractivity contribution is 7.92. The number of sulfonamides is 1. The maximum absolute atomic E-state index is 13.0. The quantitative estimate of drug-likeness (QED) is 0.471. The van der Waals surface area contributed by atoms with Gasteiger partial charge in [-0.2, -0.15) is 0 Å². The summed E-state index contributed by atoms with van der Waals surface area (Å²) in [7, 11) is -2.34. The van der Waals surface area contributed by atoms with Crippen LogP contribution in [0.1, 0.15) is 11.1 Å². The maximum Gasteiger partial charge on any atom is 0.262 e. The fourth-order valence-electron chi connectivity index (χ4n) is 2.91. The second-order valence-corrected chi connectivity index (χ2v) is 8.79. The van der Waals surface area contributed by atoms with Gasteiger partial charge in [-0.1, -0.05) is 30.3 Å². The predicted octanol–water partition coefficient (Wildman–Crippen LogP) is 4.92. The number of aryl methyl sites for hydroxylation is 2. The van der Waals surface area contributed by atoms with Crippen molar-refractivity contribution in [3.63, 3.8) is 0 Å². The van der Waals surface area contributed by atoms with Gasteiger partial charge in [0.15, 0.2) is 5.11 Å². The molecule has 0 spiro atoms. The number of hydrogen-bond acceptors (Lipinski definition) is 4. The molecule has 3 N–H and O–H groups in total. The molecule has 0 atom stereocenters. The second-order valence-electron chi connectivity index (χ2n) is 6.73. The molecule has 0 radical (unpaired) electrons. The minimum Gasteiger partial charge on any atom is -0.495 e. The minimum atomic E-state index is -3.83. The number of benzene rings is 3. The Morgan fingerprint density at radius 1 is 0.900 bits per heavy atom. The zero-order valence-electron chi connectivity index (χ0n) is 16.9. The Hall–Kier alpha value is -3.10. The van der Waals surface area contributed by atoms with Crippen molar-refractivity contribution >= 4 is 44.4 Å². The Kier molecular flexibility index (Phi) is 6.59. The first kappa shape index (κ1) is 21.6. The number of para-hydroxylation sites is 2. The number of hydrogen-bond donors (Lipinski definition) is 3. The van der Waals surface area contributed by atoms with E-state index in [0.717, 1.165) is 11.3 Å². The number of nitrogens with one attached hydrogen (secondary N) is 3. The van der Waals surface area contributed by atoms with E-state index in [0.29, 0.717) is 27.8 Å². The van der Waals surface area contributed by atoms with Gasteiger partial charge in [-0.05, 0) is 73.6 Å². The molecule has 30 heavy (non-hydrogen) atoms. The van der Waals surface area contributed by atoms with Gasteiger partial charge in [0.1, 0.15) is 5.75 Å². The van der Waals surface area contributed by atoms with Crippen LogP contribution in [0.3, 0.4) is 0 Å². The maximum atomic E-state index is 13.0. The molecule has 0 saturated heterocycles. The van der Waals surface area contributed by atoms with Crippen LogP contribution in [0, 0.1) is 13.8 Å². The van der Waals surface area contributed by atoms with E-state index in [1.165, 1.54) is 7.11 Å². The highest BCUT2D eigenvalue weighted by Gasteiger charge is 2.19. The molecule has 8 heteroatoms. The van der Waals surface area contributed by atoms with Crippen molar-refractivity contribution in [1.82, 2.24) is 0 Å². The van der Waals surface area contributed by atoms with Crippen LogP contribution in [-0.2, 0) is 10.0 Å². The number of rotatable bonds is 6. The van der Waals surface area contributed by atoms with E-state index in [9.17, 15) is 8.42 Å². The zero-order valence-corrected chi connectivity index (χ0v) is 18.5. The van der Waals surface area contributed by atoms with Gasteiger partial charge >= 0.3 is 0 Å². The molecular formula is C22H23N3O3S2. The topological polar surface area (TPSA) is 79.5 Å². The van der Waals surface area contributed by atoms with Crippen LogP contribution in [0.15, 0.2) is 71.6 Å². The van der Waals surface area contributed by atoms with E-state index in [4.69, 9.17) is 17.0 Å². The van der Waals surface area contributed by atoms with Gasteiger partial charge < -0.3 is 15.4 Å². The van der Waals surface area contributed by atoms with Crippen molar-refractivity contribution in [2.45, 2.75) is 18.7 Å². The first-order chi connectivity index (χ1) is 14.3. The average molecular weight is 442 g/mol. The molecule has 0 bridgehead atoms. The zero-order chi connectivity index (χ0) is 21.7. The molecule has 0 saturated carbocycles. The lowest BCUT2D eigenvalue weighted by atomic mass is 10.2. The third-order valence-electron chi connectivity index (χ3n) is 4.36. The van der Waals surface area contributed by atoms with Gasteiger partial charge in [-0.3, -0.25) is 4.72 Å². The average Bonchev–Trinajstić information content (AvgIpc) is 2.69. The third kappa shape index (κ3) is 5.28. The van der Waals surface area contributed by atoms with E-state index in [1.54, 1.807) is 49.4 Å². The van der Waals surface area contributed by atoms with E-state index in [2.05, 4.69) is 15.4 Å². The van der Waals surface area contributed by atoms with E-state index in [1.807, 2.05) is 31.2 Å². The molecule has 3 aromatic rings. The lowest BCUT2D eigenvalue weighted by molar-refractivity contribution is 0.417. The Bertz CT molecular complexity index is 1180. The van der Waals surface area contributed by atoms with Crippen molar-refractivity contribution in [2.24, 2.45) is 0 Å². The number of anilines is 3. The van der Waals surface area contributed by atoms with Gasteiger partial charge in [-0.15, -0.1) is 0 Å². The lowest BCUT2D eigenvalue weighted by Gasteiger charge is -2.15. The number of methoxy groups -OCH3 is 1. The van der Waals surface area contributed by atoms with Crippen molar-refractivity contribution in [2.75, 3.05) is 22.5 Å². The van der Waals surface area contributed by atoms with Crippen LogP contribution >= 0.6 is 12.2 Å². The third-order valence-corrected chi connectivity index (χ3v) is 6.07. The molecular weight excluding hydrogens is 418 g/mol. The molecule has 0 aliphatic carbocycles. The second kappa shape index (κ2) is 9.15. The first-order valence-electron chi connectivity index (χ1n) is 9.19. The standard InChI is InChI=1S/C22H23N3O3S2/c1-15-7-6-8-17(13-15)23-22(29)24-18-12-11-16(2)21(14-18)30(26,27)25-19-9-4-5-10-20(19)28-3/h4-14,25H,1-3H3,(H2,23,24,29). The fraction of sp³-hybridized carbons (Fsp3) is 0.136. The predicted molar refractivity (Wildman–Crippen MR) is 126 cm³/mol. The molecule has 0 unspecified atom stereocenters. The number of thiocarbonyl (C=S) groups is 1. The van der Waals surface area contributed by atoms with Crippen molar-refractivity contribution in [3.05, 3.63) is 77.9 Å². The molecule has 6 nitrogen and oxygen atoms in total. The Morgan fingerprint density at radius 2 is 1.60 bits per heavy atom. The highest BCUT2D eigenvalue weighted by Crippen LogP contribution is 2.28. The van der Waals surface area contributed by atoms with Gasteiger partial charge in [0.25, 0.3) is 10.0 Å². The summed E-state index contributed by atoms with van der Waals surface area (Å²) in [6.45, 7) is 3.73. The van der Waals surface area contributed by atoms with Crippen LogP contribution in [0.25, 0.3) is 0 Å². The smallest absolute Gasteiger partial charge is 0.262 e. The van der Waals surface area contributed by atoms with Crippen LogP contribution in [0.5, 0.6) is 5.75 Å². The van der Waals surface area contributed by atoms with Gasteiger partial charge in [0.2, 0.25) is 0 Å². The molecule has 0 heterocycles. The summed E-state index contributed by atoms with van der Waals surface area (Å²) in [6.07, 6.45) is 0. The van der Waals surface area contributed by atoms with Crippen molar-refractivity contribution < 1.29 is 13.2 Å². The normalized spacial score (nSPS) is 10.9. The van der Waals surface area contributed by atoms with E-state index < -0.39 is 10.0 Å². The summed E-state index contributed by atoms with van der Waals surface area (Å²) in [5, 5.41) is 6.50. The van der Waals surface area contributed by atoms with Crippen LogP contribution in [-0.4, -0.2) is 20.6 Å². The molecule has 156 valence electrons. The lowest BCUT2D eigenvalue weighted by Crippen LogP contribution is -2.20. The summed E-state index contributed by atoms with van der Waals surface area (Å²) in [5.74, 6) is 0.441. The van der Waals surface area contributed by atoms with Gasteiger partial charge in [-0.25, -0.2) is 8.42 Å². The molecule has 0 amide bonds. The summed E-state index contributed by atoms with van der Waals surface area (Å²) >= 11 is 5.36. The Labute approximate surface area is 182 Å². The molecule has 0 aromatic heterocycles. The first-order valence-corrected chi connectivity index (χ1v) is 11.1. The van der Waals surface area contributed by atoms with E-state index >= 15 is 0 Å². The summed E-state index contributed by atoms with van der Waals surface area (Å²) in [4.78, 5) is 0.150. The Balaban J connectivity index is 1.81. The molecule has 3 aromatic carbocycles. The molecule has 3 rings (SSSR count). The molecule has 0 aliphatic heterocycles. The van der Waals surface area contributed by atoms with Crippen molar-refractivity contribution in [3.8, 4) is 5.75 Å². The highest BCUT2D eigenvalue weighted by atomic mass is 32.2. The summed E-state index contributed by atoms with van der Waals surface area (Å²) < 4.78 is 33.9. The van der Waals surface area contributed by atoms with Gasteiger partial charge in [0.05, 0.1) is 17.7 Å². The van der Waals surface area contributed by atoms with Crippen LogP contribution < -0.4 is 20.1 Å². The van der Waals surface area contributed by atoms with Crippen LogP contribution in [0.2, 0.25) is 0 Å². The molecule has 0 fully saturated rings. The largest absolute Gasteiger partial charge is 0.495 e. The monoisotopic (exact) mass is 441 g/mol. The SMILES string of the molecule is COc1ccccc1NS(=O)(=O)c1cc(NC(=S)Nc2cccc(C)c2)ccc1C. The molecule has 0 aliphatic rings.